The van der Waals surface area contributed by atoms with E-state index in [0.29, 0.717) is 6.04 Å². The van der Waals surface area contributed by atoms with Crippen molar-refractivity contribution in [2.24, 2.45) is 0 Å². The molecule has 0 aromatic carbocycles. The summed E-state index contributed by atoms with van der Waals surface area (Å²) in [5.74, 6) is 0. The van der Waals surface area contributed by atoms with Crippen LogP contribution in [0.2, 0.25) is 0 Å². The smallest absolute Gasteiger partial charge is 0.0317 e. The fourth-order valence-electron chi connectivity index (χ4n) is 1.35. The van der Waals surface area contributed by atoms with E-state index < -0.39 is 0 Å². The van der Waals surface area contributed by atoms with Crippen LogP contribution in [0, 0.1) is 0 Å². The van der Waals surface area contributed by atoms with Gasteiger partial charge in [-0.15, -0.1) is 0 Å². The molecule has 0 amide bonds. The van der Waals surface area contributed by atoms with E-state index in [9.17, 15) is 0 Å². The summed E-state index contributed by atoms with van der Waals surface area (Å²) in [5.41, 5.74) is 0. The monoisotopic (exact) mass is 173 g/mol. The van der Waals surface area contributed by atoms with E-state index in [1.165, 1.54) is 13.0 Å². The first-order valence-electron chi connectivity index (χ1n) is 4.75. The van der Waals surface area contributed by atoms with Crippen molar-refractivity contribution >= 4 is 0 Å². The lowest BCUT2D eigenvalue weighted by molar-refractivity contribution is 0.292. The predicted octanol–water partition coefficient (Wildman–Crippen LogP) is 0.136. The Morgan fingerprint density at radius 1 is 1.33 bits per heavy atom. The maximum absolute atomic E-state index is 3.29. The zero-order valence-corrected chi connectivity index (χ0v) is 8.85. The Morgan fingerprint density at radius 2 is 2.00 bits per heavy atom. The average molecular weight is 173 g/mol. The van der Waals surface area contributed by atoms with Gasteiger partial charge in [-0.05, 0) is 34.1 Å². The number of hydrogen-bond donors (Lipinski definition) is 2. The maximum Gasteiger partial charge on any atom is 0.0317 e. The summed E-state index contributed by atoms with van der Waals surface area (Å²) >= 11 is 0. The molecule has 74 valence electrons. The van der Waals surface area contributed by atoms with E-state index in [2.05, 4.69) is 29.5 Å². The number of nitrogens with one attached hydrogen (secondary N) is 2. The first kappa shape index (κ1) is 11.9. The second-order valence-corrected chi connectivity index (χ2v) is 3.31. The second-order valence-electron chi connectivity index (χ2n) is 3.31. The molecule has 0 fully saturated rings. The van der Waals surface area contributed by atoms with Crippen molar-refractivity contribution in [2.45, 2.75) is 19.4 Å². The fourth-order valence-corrected chi connectivity index (χ4v) is 1.35. The molecule has 3 nitrogen and oxygen atoms in total. The van der Waals surface area contributed by atoms with Gasteiger partial charge in [0.15, 0.2) is 0 Å². The minimum atomic E-state index is 0.562. The molecule has 0 aromatic rings. The maximum atomic E-state index is 3.29. The molecule has 0 saturated carbocycles. The van der Waals surface area contributed by atoms with Gasteiger partial charge in [0.2, 0.25) is 0 Å². The Labute approximate surface area is 76.5 Å². The standard InChI is InChI=1S/C9H23N3/c1-5-6-12(4)8-9(11-3)7-10-2/h9-11H,5-8H2,1-4H3. The molecule has 12 heavy (non-hydrogen) atoms. The number of likely N-dealkylation sites (N-methyl/N-ethyl adjacent to an activating group) is 3. The Bertz CT molecular complexity index is 95.8. The van der Waals surface area contributed by atoms with Gasteiger partial charge in [-0.25, -0.2) is 0 Å². The average Bonchev–Trinajstić information content (AvgIpc) is 2.04. The quantitative estimate of drug-likeness (QED) is 0.573. The van der Waals surface area contributed by atoms with Crippen molar-refractivity contribution in [1.82, 2.24) is 15.5 Å². The summed E-state index contributed by atoms with van der Waals surface area (Å²) in [6.07, 6.45) is 1.23. The Morgan fingerprint density at radius 3 is 2.42 bits per heavy atom. The van der Waals surface area contributed by atoms with E-state index in [1.54, 1.807) is 0 Å². The van der Waals surface area contributed by atoms with E-state index in [0.717, 1.165) is 13.1 Å². The molecule has 0 radical (unpaired) electrons. The molecule has 2 N–H and O–H groups in total. The van der Waals surface area contributed by atoms with Crippen molar-refractivity contribution in [2.75, 3.05) is 40.8 Å². The number of rotatable bonds is 7. The Balaban J connectivity index is 3.53. The molecule has 0 heterocycles. The molecule has 0 rings (SSSR count). The SMILES string of the molecule is CCCN(C)CC(CNC)NC. The van der Waals surface area contributed by atoms with Crippen LogP contribution in [0.1, 0.15) is 13.3 Å². The molecular formula is C9H23N3. The van der Waals surface area contributed by atoms with Crippen LogP contribution >= 0.6 is 0 Å². The Hall–Kier alpha value is -0.120. The van der Waals surface area contributed by atoms with Gasteiger partial charge in [0.1, 0.15) is 0 Å². The molecule has 0 saturated heterocycles. The lowest BCUT2D eigenvalue weighted by Crippen LogP contribution is -2.43. The highest BCUT2D eigenvalue weighted by molar-refractivity contribution is 4.70. The first-order chi connectivity index (χ1) is 5.74. The topological polar surface area (TPSA) is 27.3 Å². The third kappa shape index (κ3) is 5.52. The highest BCUT2D eigenvalue weighted by Crippen LogP contribution is 1.89. The number of nitrogens with zero attached hydrogens (tertiary/aromatic N) is 1. The van der Waals surface area contributed by atoms with E-state index >= 15 is 0 Å². The van der Waals surface area contributed by atoms with Crippen LogP contribution in [0.4, 0.5) is 0 Å². The van der Waals surface area contributed by atoms with Crippen LogP contribution < -0.4 is 10.6 Å². The third-order valence-electron chi connectivity index (χ3n) is 2.00. The van der Waals surface area contributed by atoms with Gasteiger partial charge in [-0.2, -0.15) is 0 Å². The van der Waals surface area contributed by atoms with E-state index in [1.807, 2.05) is 14.1 Å². The highest BCUT2D eigenvalue weighted by atomic mass is 15.1. The molecule has 1 atom stereocenters. The van der Waals surface area contributed by atoms with Crippen LogP contribution in [0.3, 0.4) is 0 Å². The van der Waals surface area contributed by atoms with Gasteiger partial charge in [0.05, 0.1) is 0 Å². The van der Waals surface area contributed by atoms with Crippen molar-refractivity contribution in [3.8, 4) is 0 Å². The predicted molar refractivity (Wildman–Crippen MR) is 54.6 cm³/mol. The normalized spacial score (nSPS) is 13.8. The van der Waals surface area contributed by atoms with Crippen LogP contribution in [-0.4, -0.2) is 51.7 Å². The molecule has 0 aliphatic rings. The largest absolute Gasteiger partial charge is 0.318 e. The summed E-state index contributed by atoms with van der Waals surface area (Å²) in [4.78, 5) is 2.36. The molecule has 0 spiro atoms. The minimum absolute atomic E-state index is 0.562. The molecule has 0 aliphatic carbocycles. The van der Waals surface area contributed by atoms with Crippen molar-refractivity contribution < 1.29 is 0 Å². The van der Waals surface area contributed by atoms with Crippen LogP contribution in [-0.2, 0) is 0 Å². The summed E-state index contributed by atoms with van der Waals surface area (Å²) in [6, 6.07) is 0.562. The van der Waals surface area contributed by atoms with Crippen molar-refractivity contribution in [3.63, 3.8) is 0 Å². The van der Waals surface area contributed by atoms with E-state index in [4.69, 9.17) is 0 Å². The lowest BCUT2D eigenvalue weighted by atomic mass is 10.2. The third-order valence-corrected chi connectivity index (χ3v) is 2.00. The zero-order chi connectivity index (χ0) is 9.40. The van der Waals surface area contributed by atoms with Crippen LogP contribution in [0.25, 0.3) is 0 Å². The zero-order valence-electron chi connectivity index (χ0n) is 8.85. The van der Waals surface area contributed by atoms with Crippen LogP contribution in [0.15, 0.2) is 0 Å². The van der Waals surface area contributed by atoms with Crippen LogP contribution in [0.5, 0.6) is 0 Å². The summed E-state index contributed by atoms with van der Waals surface area (Å²) in [5, 5.41) is 6.47. The molecule has 0 bridgehead atoms. The fraction of sp³-hybridized carbons (Fsp3) is 1.00. The molecule has 0 aromatic heterocycles. The first-order valence-corrected chi connectivity index (χ1v) is 4.75. The van der Waals surface area contributed by atoms with E-state index in [-0.39, 0.29) is 0 Å². The molecule has 3 heteroatoms. The summed E-state index contributed by atoms with van der Waals surface area (Å²) in [7, 11) is 6.18. The van der Waals surface area contributed by atoms with Gasteiger partial charge >= 0.3 is 0 Å². The van der Waals surface area contributed by atoms with Crippen molar-refractivity contribution in [3.05, 3.63) is 0 Å². The van der Waals surface area contributed by atoms with Gasteiger partial charge in [0.25, 0.3) is 0 Å². The Kier molecular flexibility index (Phi) is 7.45. The molecule has 0 aliphatic heterocycles. The van der Waals surface area contributed by atoms with Gasteiger partial charge < -0.3 is 15.5 Å². The second kappa shape index (κ2) is 7.53. The molecule has 1 unspecified atom stereocenters. The highest BCUT2D eigenvalue weighted by Gasteiger charge is 2.06. The lowest BCUT2D eigenvalue weighted by Gasteiger charge is -2.22. The molecular weight excluding hydrogens is 150 g/mol. The van der Waals surface area contributed by atoms with Crippen molar-refractivity contribution in [1.29, 1.82) is 0 Å². The summed E-state index contributed by atoms with van der Waals surface area (Å²) in [6.45, 7) is 5.54. The minimum Gasteiger partial charge on any atom is -0.318 e. The number of hydrogen-bond acceptors (Lipinski definition) is 3. The van der Waals surface area contributed by atoms with Gasteiger partial charge in [-0.3, -0.25) is 0 Å². The van der Waals surface area contributed by atoms with Gasteiger partial charge in [0, 0.05) is 19.1 Å². The van der Waals surface area contributed by atoms with Gasteiger partial charge in [-0.1, -0.05) is 6.92 Å². The summed E-state index contributed by atoms with van der Waals surface area (Å²) < 4.78 is 0.